The first-order valence-corrected chi connectivity index (χ1v) is 17.2. The van der Waals surface area contributed by atoms with Crippen LogP contribution >= 0.6 is 11.3 Å². The lowest BCUT2D eigenvalue weighted by Gasteiger charge is -2.23. The predicted octanol–water partition coefficient (Wildman–Crippen LogP) is 4.63. The summed E-state index contributed by atoms with van der Waals surface area (Å²) in [7, 11) is -2.03. The fourth-order valence-electron chi connectivity index (χ4n) is 4.11. The highest BCUT2D eigenvalue weighted by Crippen LogP contribution is 2.36. The summed E-state index contributed by atoms with van der Waals surface area (Å²) < 4.78 is 52.5. The minimum Gasteiger partial charge on any atom is -0.378 e. The first kappa shape index (κ1) is 38.2. The van der Waals surface area contributed by atoms with E-state index in [1.165, 1.54) is 11.3 Å². The van der Waals surface area contributed by atoms with Crippen LogP contribution in [0.15, 0.2) is 28.4 Å². The maximum atomic E-state index is 10.7. The van der Waals surface area contributed by atoms with Crippen molar-refractivity contribution in [2.75, 3.05) is 96.7 Å². The van der Waals surface area contributed by atoms with Gasteiger partial charge in [0.2, 0.25) is 0 Å². The topological polar surface area (TPSA) is 170 Å². The van der Waals surface area contributed by atoms with Crippen LogP contribution in [0.2, 0.25) is 0 Å². The van der Waals surface area contributed by atoms with Gasteiger partial charge in [0.1, 0.15) is 17.0 Å². The van der Waals surface area contributed by atoms with E-state index < -0.39 is 10.1 Å². The van der Waals surface area contributed by atoms with Gasteiger partial charge >= 0.3 is 0 Å². The van der Waals surface area contributed by atoms with E-state index in [0.717, 1.165) is 24.3 Å². The molecule has 2 rings (SSSR count). The minimum absolute atomic E-state index is 0.236. The van der Waals surface area contributed by atoms with Crippen LogP contribution in [0.1, 0.15) is 34.9 Å². The number of thiophene rings is 1. The quantitative estimate of drug-likeness (QED) is 0.0998. The highest BCUT2D eigenvalue weighted by Gasteiger charge is 2.15. The molecule has 0 bridgehead atoms. The lowest BCUT2D eigenvalue weighted by Crippen LogP contribution is -2.27. The number of nitrogens with zero attached hydrogens (tertiary/aromatic N) is 6. The molecule has 0 atom stereocenters. The van der Waals surface area contributed by atoms with E-state index in [1.54, 1.807) is 6.92 Å². The van der Waals surface area contributed by atoms with Crippen LogP contribution in [0.4, 0.5) is 16.4 Å². The maximum absolute atomic E-state index is 10.7. The Morgan fingerprint density at radius 2 is 1.49 bits per heavy atom. The van der Waals surface area contributed by atoms with E-state index in [1.807, 2.05) is 37.1 Å². The average Bonchev–Trinajstić information content (AvgIpc) is 3.31. The Kier molecular flexibility index (Phi) is 17.8. The van der Waals surface area contributed by atoms with Crippen LogP contribution in [-0.2, 0) is 29.1 Å². The summed E-state index contributed by atoms with van der Waals surface area (Å²) in [6.07, 6.45) is 0.376. The van der Waals surface area contributed by atoms with Gasteiger partial charge in [0.05, 0.1) is 69.9 Å². The maximum Gasteiger partial charge on any atom is 0.264 e. The summed E-state index contributed by atoms with van der Waals surface area (Å²) in [6, 6.07) is 10.1. The van der Waals surface area contributed by atoms with E-state index in [-0.39, 0.29) is 5.75 Å². The number of hydrogen-bond acceptors (Lipinski definition) is 13. The number of ether oxygens (including phenoxy) is 4. The largest absolute Gasteiger partial charge is 0.378 e. The van der Waals surface area contributed by atoms with E-state index >= 15 is 0 Å². The zero-order chi connectivity index (χ0) is 33.1. The van der Waals surface area contributed by atoms with Crippen molar-refractivity contribution in [2.24, 2.45) is 10.2 Å². The highest BCUT2D eigenvalue weighted by atomic mass is 32.2. The molecule has 1 aromatic heterocycles. The van der Waals surface area contributed by atoms with Gasteiger partial charge in [0.25, 0.3) is 10.1 Å². The van der Waals surface area contributed by atoms with Crippen LogP contribution in [0, 0.1) is 36.5 Å². The fourth-order valence-corrected chi connectivity index (χ4v) is 5.48. The fraction of sp³-hybridized carbons (Fsp3) is 0.600. The molecule has 0 radical (unpaired) electrons. The van der Waals surface area contributed by atoms with E-state index in [2.05, 4.69) is 34.2 Å². The Balaban J connectivity index is 1.56. The van der Waals surface area contributed by atoms with Crippen molar-refractivity contribution in [3.8, 4) is 12.1 Å². The molecule has 0 aliphatic carbocycles. The lowest BCUT2D eigenvalue weighted by molar-refractivity contribution is -0.00266. The third kappa shape index (κ3) is 14.8. The molecule has 15 heteroatoms. The molecule has 0 fully saturated rings. The average molecular weight is 665 g/mol. The summed E-state index contributed by atoms with van der Waals surface area (Å²) in [5.74, 6) is -0.236. The van der Waals surface area contributed by atoms with Crippen molar-refractivity contribution in [3.63, 3.8) is 0 Å². The van der Waals surface area contributed by atoms with Gasteiger partial charge in [-0.05, 0) is 70.1 Å². The Labute approximate surface area is 270 Å². The number of anilines is 1. The molecule has 1 aromatic carbocycles. The van der Waals surface area contributed by atoms with E-state index in [4.69, 9.17) is 23.5 Å². The number of likely N-dealkylation sites (N-methyl/N-ethyl adjacent to an activating group) is 2. The molecular weight excluding hydrogens is 620 g/mol. The first-order chi connectivity index (χ1) is 21.6. The molecule has 0 unspecified atom stereocenters. The number of aryl methyl sites for hydroxylation is 1. The zero-order valence-corrected chi connectivity index (χ0v) is 28.2. The Morgan fingerprint density at radius 1 is 0.889 bits per heavy atom. The second kappa shape index (κ2) is 20.9. The van der Waals surface area contributed by atoms with Crippen molar-refractivity contribution < 1.29 is 31.9 Å². The number of azo groups is 1. The summed E-state index contributed by atoms with van der Waals surface area (Å²) in [6.45, 7) is 12.4. The minimum atomic E-state index is -3.90. The zero-order valence-electron chi connectivity index (χ0n) is 26.5. The molecule has 45 heavy (non-hydrogen) atoms. The van der Waals surface area contributed by atoms with Gasteiger partial charge in [-0.2, -0.15) is 18.9 Å². The molecule has 0 aliphatic rings. The first-order valence-electron chi connectivity index (χ1n) is 14.7. The molecule has 1 N–H and O–H groups in total. The van der Waals surface area contributed by atoms with Gasteiger partial charge in [0, 0.05) is 25.3 Å². The van der Waals surface area contributed by atoms with Gasteiger partial charge in [-0.3, -0.25) is 4.55 Å². The number of rotatable bonds is 23. The normalized spacial score (nSPS) is 11.7. The third-order valence-corrected chi connectivity index (χ3v) is 8.58. The number of benzene rings is 1. The van der Waals surface area contributed by atoms with Gasteiger partial charge in [-0.15, -0.1) is 21.6 Å². The summed E-state index contributed by atoms with van der Waals surface area (Å²) in [5, 5.41) is 27.7. The molecule has 0 aliphatic heterocycles. The summed E-state index contributed by atoms with van der Waals surface area (Å²) in [4.78, 5) is 4.63. The molecule has 0 saturated carbocycles. The van der Waals surface area contributed by atoms with Crippen molar-refractivity contribution >= 4 is 37.8 Å². The van der Waals surface area contributed by atoms with Crippen molar-refractivity contribution in [2.45, 2.75) is 27.2 Å². The third-order valence-electron chi connectivity index (χ3n) is 6.70. The van der Waals surface area contributed by atoms with Crippen molar-refractivity contribution in [1.29, 1.82) is 10.5 Å². The number of nitriles is 2. The Hall–Kier alpha value is -2.99. The van der Waals surface area contributed by atoms with E-state index in [0.29, 0.717) is 99.1 Å². The van der Waals surface area contributed by atoms with Crippen LogP contribution in [0.5, 0.6) is 0 Å². The predicted molar refractivity (Wildman–Crippen MR) is 174 cm³/mol. The van der Waals surface area contributed by atoms with Gasteiger partial charge < -0.3 is 28.7 Å². The molecule has 1 heterocycles. The van der Waals surface area contributed by atoms with Crippen LogP contribution < -0.4 is 4.90 Å². The Morgan fingerprint density at radius 3 is 2.02 bits per heavy atom. The van der Waals surface area contributed by atoms with Gasteiger partial charge in [-0.25, -0.2) is 0 Å². The monoisotopic (exact) mass is 664 g/mol. The lowest BCUT2D eigenvalue weighted by atomic mass is 10.1. The highest BCUT2D eigenvalue weighted by molar-refractivity contribution is 7.85. The standard InChI is InChI=1S/C30H44N6O7S2/c1-5-36(26-7-8-28(24(2)21-26)33-34-30-27(22-31)25(3)29(23-32)44-30)11-13-41-15-17-43-19-18-42-16-14-40-12-10-35(4)9-6-20-45(37,38)39/h7-8,21H,5-6,9-20H2,1-4H3,(H,37,38,39). The molecule has 0 amide bonds. The van der Waals surface area contributed by atoms with Crippen molar-refractivity contribution in [1.82, 2.24) is 4.90 Å². The summed E-state index contributed by atoms with van der Waals surface area (Å²) in [5.41, 5.74) is 3.72. The van der Waals surface area contributed by atoms with Gasteiger partial charge in [0.15, 0.2) is 5.00 Å². The molecule has 248 valence electrons. The van der Waals surface area contributed by atoms with E-state index in [9.17, 15) is 18.9 Å². The van der Waals surface area contributed by atoms with Gasteiger partial charge in [-0.1, -0.05) is 0 Å². The second-order valence-electron chi connectivity index (χ2n) is 10.1. The van der Waals surface area contributed by atoms with Crippen LogP contribution in [0.25, 0.3) is 0 Å². The molecular formula is C30H44N6O7S2. The Bertz CT molecular complexity index is 1400. The molecule has 13 nitrogen and oxygen atoms in total. The SMILES string of the molecule is CCN(CCOCCOCCOCCOCCN(C)CCCS(=O)(=O)O)c1ccc(N=Nc2sc(C#N)c(C)c2C#N)c(C)c1. The van der Waals surface area contributed by atoms with Crippen molar-refractivity contribution in [3.05, 3.63) is 39.8 Å². The molecule has 0 saturated heterocycles. The summed E-state index contributed by atoms with van der Waals surface area (Å²) >= 11 is 1.17. The second-order valence-corrected chi connectivity index (χ2v) is 12.7. The smallest absolute Gasteiger partial charge is 0.264 e. The van der Waals surface area contributed by atoms with Crippen LogP contribution in [0.3, 0.4) is 0 Å². The van der Waals surface area contributed by atoms with Crippen LogP contribution in [-0.4, -0.2) is 110 Å². The number of hydrogen-bond donors (Lipinski definition) is 1. The molecule has 0 spiro atoms. The molecule has 2 aromatic rings.